The summed E-state index contributed by atoms with van der Waals surface area (Å²) in [5.74, 6) is -0.321. The molecule has 0 spiro atoms. The van der Waals surface area contributed by atoms with Crippen LogP contribution >= 0.6 is 0 Å². The molecule has 0 fully saturated rings. The Hall–Kier alpha value is -2.72. The average molecular weight is 337 g/mol. The summed E-state index contributed by atoms with van der Waals surface area (Å²) >= 11 is 0. The highest BCUT2D eigenvalue weighted by Gasteiger charge is 2.18. The molecule has 0 amide bonds. The van der Waals surface area contributed by atoms with Gasteiger partial charge in [-0.25, -0.2) is 0 Å². The number of aliphatic hydroxyl groups excluding tert-OH is 2. The van der Waals surface area contributed by atoms with Crippen molar-refractivity contribution in [2.75, 3.05) is 6.61 Å². The number of carbonyl (C=O) groups excluding carboxylic acids is 1. The lowest BCUT2D eigenvalue weighted by molar-refractivity contribution is 0.104. The molecular weight excluding hydrogens is 314 g/mol. The van der Waals surface area contributed by atoms with Gasteiger partial charge in [-0.15, -0.1) is 0 Å². The summed E-state index contributed by atoms with van der Waals surface area (Å²) in [7, 11) is 0. The third-order valence-electron chi connectivity index (χ3n) is 3.93. The van der Waals surface area contributed by atoms with Crippen LogP contribution in [0.15, 0.2) is 71.2 Å². The van der Waals surface area contributed by atoms with Gasteiger partial charge in [0, 0.05) is 17.3 Å². The second-order valence-corrected chi connectivity index (χ2v) is 6.10. The third-order valence-corrected chi connectivity index (χ3v) is 3.93. The number of ketones is 1. The fourth-order valence-electron chi connectivity index (χ4n) is 2.32. The van der Waals surface area contributed by atoms with Crippen molar-refractivity contribution < 1.29 is 15.0 Å². The standard InChI is InChI=1S/C21H23NO3/c1-15(2)19(14-23)22-13-18(20(24)16-9-5-3-6-10-16)21(25)17-11-7-4-8-12-17/h3-13,15,19,23-24H,14H2,1-2H3/b20-18+,22-13+/t19-/m1/s1. The second kappa shape index (κ2) is 8.94. The molecule has 0 aliphatic rings. The Morgan fingerprint density at radius 3 is 2.00 bits per heavy atom. The number of Topliss-reactive ketones (excluding diaryl/α,β-unsaturated/α-hetero) is 1. The maximum Gasteiger partial charge on any atom is 0.198 e. The van der Waals surface area contributed by atoms with Gasteiger partial charge < -0.3 is 10.2 Å². The number of benzene rings is 2. The first-order chi connectivity index (χ1) is 12.0. The van der Waals surface area contributed by atoms with Gasteiger partial charge in [0.2, 0.25) is 0 Å². The van der Waals surface area contributed by atoms with E-state index in [-0.39, 0.29) is 35.7 Å². The Morgan fingerprint density at radius 2 is 1.52 bits per heavy atom. The molecule has 0 aliphatic heterocycles. The molecule has 1 atom stereocenters. The number of carbonyl (C=O) groups is 1. The van der Waals surface area contributed by atoms with Crippen molar-refractivity contribution in [2.24, 2.45) is 10.9 Å². The quantitative estimate of drug-likeness (QED) is 0.348. The molecule has 0 aromatic heterocycles. The average Bonchev–Trinajstić information content (AvgIpc) is 2.65. The molecule has 2 rings (SSSR count). The van der Waals surface area contributed by atoms with Crippen molar-refractivity contribution in [1.82, 2.24) is 0 Å². The summed E-state index contributed by atoms with van der Waals surface area (Å²) in [5, 5.41) is 20.1. The molecule has 0 unspecified atom stereocenters. The first kappa shape index (κ1) is 18.6. The molecule has 4 nitrogen and oxygen atoms in total. The van der Waals surface area contributed by atoms with Crippen molar-refractivity contribution in [1.29, 1.82) is 0 Å². The molecule has 2 aromatic rings. The highest BCUT2D eigenvalue weighted by Crippen LogP contribution is 2.19. The van der Waals surface area contributed by atoms with Gasteiger partial charge in [0.05, 0.1) is 18.2 Å². The van der Waals surface area contributed by atoms with Crippen LogP contribution in [0.3, 0.4) is 0 Å². The molecule has 0 heterocycles. The van der Waals surface area contributed by atoms with Gasteiger partial charge in [-0.1, -0.05) is 74.5 Å². The lowest BCUT2D eigenvalue weighted by atomic mass is 9.99. The van der Waals surface area contributed by atoms with Crippen molar-refractivity contribution in [2.45, 2.75) is 19.9 Å². The largest absolute Gasteiger partial charge is 0.506 e. The highest BCUT2D eigenvalue weighted by molar-refractivity contribution is 6.25. The van der Waals surface area contributed by atoms with Gasteiger partial charge in [-0.05, 0) is 5.92 Å². The van der Waals surface area contributed by atoms with Gasteiger partial charge in [0.15, 0.2) is 5.78 Å². The molecule has 0 radical (unpaired) electrons. The van der Waals surface area contributed by atoms with Gasteiger partial charge in [-0.2, -0.15) is 0 Å². The van der Waals surface area contributed by atoms with E-state index in [1.807, 2.05) is 26.0 Å². The van der Waals surface area contributed by atoms with Crippen molar-refractivity contribution >= 4 is 17.8 Å². The fourth-order valence-corrected chi connectivity index (χ4v) is 2.32. The van der Waals surface area contributed by atoms with E-state index in [1.54, 1.807) is 48.5 Å². The number of hydrogen-bond acceptors (Lipinski definition) is 4. The van der Waals surface area contributed by atoms with Crippen molar-refractivity contribution in [3.8, 4) is 0 Å². The van der Waals surface area contributed by atoms with Crippen LogP contribution in [0.2, 0.25) is 0 Å². The van der Waals surface area contributed by atoms with E-state index in [9.17, 15) is 15.0 Å². The number of rotatable bonds is 7. The number of aliphatic hydroxyl groups is 2. The minimum Gasteiger partial charge on any atom is -0.506 e. The summed E-state index contributed by atoms with van der Waals surface area (Å²) in [5.41, 5.74) is 1.12. The molecule has 25 heavy (non-hydrogen) atoms. The maximum absolute atomic E-state index is 12.9. The summed E-state index contributed by atoms with van der Waals surface area (Å²) in [4.78, 5) is 17.2. The summed E-state index contributed by atoms with van der Waals surface area (Å²) in [6.07, 6.45) is 1.37. The van der Waals surface area contributed by atoms with E-state index < -0.39 is 0 Å². The van der Waals surface area contributed by atoms with Crippen LogP contribution in [-0.2, 0) is 0 Å². The second-order valence-electron chi connectivity index (χ2n) is 6.10. The zero-order valence-corrected chi connectivity index (χ0v) is 14.5. The molecule has 0 saturated carbocycles. The van der Waals surface area contributed by atoms with Crippen molar-refractivity contribution in [3.05, 3.63) is 77.4 Å². The monoisotopic (exact) mass is 337 g/mol. The summed E-state index contributed by atoms with van der Waals surface area (Å²) < 4.78 is 0. The molecule has 0 saturated heterocycles. The Labute approximate surface area is 148 Å². The minimum atomic E-state index is -0.331. The summed E-state index contributed by atoms with van der Waals surface area (Å²) in [6.45, 7) is 3.77. The molecule has 2 N–H and O–H groups in total. The number of hydrogen-bond donors (Lipinski definition) is 2. The van der Waals surface area contributed by atoms with Crippen LogP contribution in [0.1, 0.15) is 29.8 Å². The fraction of sp³-hybridized carbons (Fsp3) is 0.238. The van der Waals surface area contributed by atoms with E-state index in [0.29, 0.717) is 11.1 Å². The number of nitrogens with zero attached hydrogens (tertiary/aromatic N) is 1. The van der Waals surface area contributed by atoms with Gasteiger partial charge in [-0.3, -0.25) is 9.79 Å². The van der Waals surface area contributed by atoms with Crippen LogP contribution in [0.4, 0.5) is 0 Å². The van der Waals surface area contributed by atoms with Crippen LogP contribution in [-0.4, -0.2) is 34.9 Å². The Bertz CT molecular complexity index is 749. The Kier molecular flexibility index (Phi) is 6.66. The predicted octanol–water partition coefficient (Wildman–Crippen LogP) is 3.93. The molecule has 130 valence electrons. The van der Waals surface area contributed by atoms with Crippen LogP contribution in [0.5, 0.6) is 0 Å². The molecule has 4 heteroatoms. The van der Waals surface area contributed by atoms with E-state index in [4.69, 9.17) is 0 Å². The van der Waals surface area contributed by atoms with E-state index in [0.717, 1.165) is 0 Å². The first-order valence-corrected chi connectivity index (χ1v) is 8.27. The molecule has 0 bridgehead atoms. The van der Waals surface area contributed by atoms with Crippen molar-refractivity contribution in [3.63, 3.8) is 0 Å². The number of allylic oxidation sites excluding steroid dienone is 1. The van der Waals surface area contributed by atoms with Gasteiger partial charge in [0.1, 0.15) is 5.76 Å². The van der Waals surface area contributed by atoms with E-state index in [2.05, 4.69) is 4.99 Å². The normalized spacial score (nSPS) is 13.8. The molecule has 0 aliphatic carbocycles. The SMILES string of the molecule is CC(C)[C@@H](CO)/N=C/C(C(=O)c1ccccc1)=C(\O)c1ccccc1. The lowest BCUT2D eigenvalue weighted by Crippen LogP contribution is -2.19. The highest BCUT2D eigenvalue weighted by atomic mass is 16.3. The lowest BCUT2D eigenvalue weighted by Gasteiger charge is -2.13. The first-order valence-electron chi connectivity index (χ1n) is 8.27. The topological polar surface area (TPSA) is 69.9 Å². The maximum atomic E-state index is 12.9. The van der Waals surface area contributed by atoms with Gasteiger partial charge >= 0.3 is 0 Å². The van der Waals surface area contributed by atoms with Gasteiger partial charge in [0.25, 0.3) is 0 Å². The van der Waals surface area contributed by atoms with Crippen LogP contribution < -0.4 is 0 Å². The molecule has 2 aromatic carbocycles. The Balaban J connectivity index is 2.48. The van der Waals surface area contributed by atoms with Crippen LogP contribution in [0, 0.1) is 5.92 Å². The minimum absolute atomic E-state index is 0.108. The zero-order chi connectivity index (χ0) is 18.2. The Morgan fingerprint density at radius 1 is 1.00 bits per heavy atom. The van der Waals surface area contributed by atoms with Crippen LogP contribution in [0.25, 0.3) is 5.76 Å². The van der Waals surface area contributed by atoms with E-state index in [1.165, 1.54) is 6.21 Å². The summed E-state index contributed by atoms with van der Waals surface area (Å²) in [6, 6.07) is 17.3. The smallest absolute Gasteiger partial charge is 0.198 e. The predicted molar refractivity (Wildman–Crippen MR) is 101 cm³/mol. The van der Waals surface area contributed by atoms with E-state index >= 15 is 0 Å². The number of aliphatic imine (C=N–C) groups is 1. The third kappa shape index (κ3) is 4.88. The zero-order valence-electron chi connectivity index (χ0n) is 14.5. The molecular formula is C21H23NO3.